The van der Waals surface area contributed by atoms with Crippen molar-refractivity contribution in [3.63, 3.8) is 0 Å². The monoisotopic (exact) mass is 486 g/mol. The summed E-state index contributed by atoms with van der Waals surface area (Å²) in [6, 6.07) is 3.09. The van der Waals surface area contributed by atoms with Crippen LogP contribution >= 0.6 is 0 Å². The molecule has 0 saturated carbocycles. The van der Waals surface area contributed by atoms with E-state index in [0.717, 1.165) is 11.6 Å². The Bertz CT molecular complexity index is 1040. The minimum Gasteiger partial charge on any atom is -0.496 e. The number of aliphatic hydroxyl groups excluding tert-OH is 3. The first-order valence-electron chi connectivity index (χ1n) is 10.1. The maximum Gasteiger partial charge on any atom is 0.372 e. The summed E-state index contributed by atoms with van der Waals surface area (Å²) in [6.07, 6.45) is -7.78. The van der Waals surface area contributed by atoms with Crippen LogP contribution in [0.5, 0.6) is 5.75 Å². The normalized spacial score (nSPS) is 28.7. The molecule has 34 heavy (non-hydrogen) atoms. The van der Waals surface area contributed by atoms with Crippen molar-refractivity contribution in [2.24, 2.45) is 0 Å². The van der Waals surface area contributed by atoms with Gasteiger partial charge in [0.05, 0.1) is 26.0 Å². The van der Waals surface area contributed by atoms with Crippen LogP contribution in [0.3, 0.4) is 0 Å². The van der Waals surface area contributed by atoms with Crippen molar-refractivity contribution in [2.75, 3.05) is 13.7 Å². The molecule has 5 N–H and O–H groups in total. The first kappa shape index (κ1) is 25.4. The minimum atomic E-state index is -3.99. The van der Waals surface area contributed by atoms with E-state index in [4.69, 9.17) is 9.47 Å². The number of carbonyl (C=O) groups excluding carboxylic acids is 1. The smallest absolute Gasteiger partial charge is 0.372 e. The van der Waals surface area contributed by atoms with Crippen molar-refractivity contribution in [1.82, 2.24) is 20.3 Å². The number of amides is 1. The van der Waals surface area contributed by atoms with Crippen LogP contribution in [0, 0.1) is 0 Å². The topological polar surface area (TPSA) is 176 Å². The van der Waals surface area contributed by atoms with E-state index in [0.29, 0.717) is 11.3 Å². The maximum atomic E-state index is 15.5. The molecular weight excluding hydrogens is 462 g/mol. The van der Waals surface area contributed by atoms with Crippen molar-refractivity contribution in [2.45, 2.75) is 49.3 Å². The van der Waals surface area contributed by atoms with Crippen LogP contribution in [0.25, 0.3) is 11.3 Å². The lowest BCUT2D eigenvalue weighted by molar-refractivity contribution is -0.283. The van der Waals surface area contributed by atoms with Crippen LogP contribution in [-0.4, -0.2) is 97.4 Å². The molecule has 1 fully saturated rings. The molecule has 3 rings (SSSR count). The van der Waals surface area contributed by atoms with Gasteiger partial charge in [0.25, 0.3) is 0 Å². The highest BCUT2D eigenvalue weighted by atomic mass is 19.2. The predicted molar refractivity (Wildman–Crippen MR) is 109 cm³/mol. The van der Waals surface area contributed by atoms with Crippen molar-refractivity contribution < 1.29 is 48.3 Å². The summed E-state index contributed by atoms with van der Waals surface area (Å²) >= 11 is 0. The quantitative estimate of drug-likeness (QED) is 0.318. The number of carbonyl (C=O) groups is 2. The molecule has 2 heterocycles. The van der Waals surface area contributed by atoms with E-state index < -0.39 is 60.9 Å². The van der Waals surface area contributed by atoms with Crippen molar-refractivity contribution >= 4 is 11.9 Å². The Labute approximate surface area is 191 Å². The number of aromatic nitrogens is 3. The molecule has 0 radical (unpaired) electrons. The van der Waals surface area contributed by atoms with Crippen molar-refractivity contribution in [1.29, 1.82) is 0 Å². The number of ether oxygens (including phenoxy) is 2. The third kappa shape index (κ3) is 4.57. The zero-order valence-electron chi connectivity index (χ0n) is 18.1. The zero-order chi connectivity index (χ0) is 25.2. The molecule has 1 amide bonds. The summed E-state index contributed by atoms with van der Waals surface area (Å²) in [4.78, 5) is 23.5. The van der Waals surface area contributed by atoms with Gasteiger partial charge in [0.1, 0.15) is 35.8 Å². The molecule has 1 aromatic carbocycles. The van der Waals surface area contributed by atoms with Gasteiger partial charge in [-0.2, -0.15) is 4.39 Å². The summed E-state index contributed by atoms with van der Waals surface area (Å²) in [6.45, 7) is 0.0392. The Kier molecular flexibility index (Phi) is 7.45. The van der Waals surface area contributed by atoms with Crippen LogP contribution < -0.4 is 10.1 Å². The van der Waals surface area contributed by atoms with E-state index in [1.165, 1.54) is 13.3 Å². The number of nitrogens with zero attached hydrogens (tertiary/aromatic N) is 3. The van der Waals surface area contributed by atoms with Gasteiger partial charge >= 0.3 is 11.8 Å². The average molecular weight is 486 g/mol. The average Bonchev–Trinajstić information content (AvgIpc) is 3.29. The summed E-state index contributed by atoms with van der Waals surface area (Å²) in [5.74, 6) is -6.70. The van der Waals surface area contributed by atoms with Crippen molar-refractivity contribution in [3.05, 3.63) is 30.5 Å². The van der Waals surface area contributed by atoms with Crippen LogP contribution in [0.4, 0.5) is 8.78 Å². The third-order valence-corrected chi connectivity index (χ3v) is 5.46. The highest BCUT2D eigenvalue weighted by Crippen LogP contribution is 2.42. The lowest BCUT2D eigenvalue weighted by Crippen LogP contribution is -2.69. The number of hydrogen-bond donors (Lipinski definition) is 5. The number of carboxylic acids is 1. The number of rotatable bonds is 8. The number of nitrogens with one attached hydrogen (secondary N) is 1. The van der Waals surface area contributed by atoms with E-state index in [1.807, 2.05) is 0 Å². The Balaban J connectivity index is 2.13. The molecule has 1 aromatic heterocycles. The van der Waals surface area contributed by atoms with Gasteiger partial charge in [0.15, 0.2) is 6.17 Å². The van der Waals surface area contributed by atoms with E-state index >= 15 is 8.78 Å². The molecule has 186 valence electrons. The lowest BCUT2D eigenvalue weighted by atomic mass is 9.86. The number of carboxylic acid groups (broad SMARTS) is 1. The second-order valence-corrected chi connectivity index (χ2v) is 7.68. The van der Waals surface area contributed by atoms with Crippen LogP contribution in [0.1, 0.15) is 13.0 Å². The Morgan fingerprint density at radius 1 is 1.35 bits per heavy atom. The molecule has 1 aliphatic rings. The van der Waals surface area contributed by atoms with E-state index in [-0.39, 0.29) is 5.69 Å². The van der Waals surface area contributed by atoms with Crippen LogP contribution in [0.15, 0.2) is 30.5 Å². The molecule has 2 aromatic rings. The minimum absolute atomic E-state index is 0.157. The summed E-state index contributed by atoms with van der Waals surface area (Å²) in [7, 11) is 1.41. The molecule has 0 bridgehead atoms. The number of hydrogen-bond acceptors (Lipinski definition) is 9. The second kappa shape index (κ2) is 9.97. The van der Waals surface area contributed by atoms with Gasteiger partial charge in [-0.15, -0.1) is 5.10 Å². The number of methoxy groups -OCH3 is 1. The zero-order valence-corrected chi connectivity index (χ0v) is 18.1. The highest BCUT2D eigenvalue weighted by molar-refractivity contribution is 5.77. The number of alkyl halides is 2. The van der Waals surface area contributed by atoms with Gasteiger partial charge in [0.2, 0.25) is 5.91 Å². The number of benzene rings is 1. The Morgan fingerprint density at radius 2 is 2.03 bits per heavy atom. The summed E-state index contributed by atoms with van der Waals surface area (Å²) in [5, 5.41) is 48.8. The molecule has 1 saturated heterocycles. The fraction of sp³-hybridized carbons (Fsp3) is 0.500. The fourth-order valence-corrected chi connectivity index (χ4v) is 3.81. The predicted octanol–water partition coefficient (Wildman–Crippen LogP) is -0.799. The van der Waals surface area contributed by atoms with Gasteiger partial charge in [-0.25, -0.2) is 13.9 Å². The number of aliphatic carboxylic acids is 1. The van der Waals surface area contributed by atoms with Gasteiger partial charge in [-0.1, -0.05) is 17.3 Å². The Morgan fingerprint density at radius 3 is 2.62 bits per heavy atom. The third-order valence-electron chi connectivity index (χ3n) is 5.46. The maximum absolute atomic E-state index is 15.5. The standard InChI is InChI=1S/C20H24F2N4O8/c1-9(28)23-14-15(26-7-11(24-25-26)10-5-3-4-6-13(10)33-2)18(21)20(22,19(31)32)34-17(14)16(30)12(29)8-27/h3-7,12,14-18,27,29-30H,8H2,1-2H3,(H,23,28)(H,31,32)/t12-,14-,15-,16-,17-,18?,20?/m1/s1. The summed E-state index contributed by atoms with van der Waals surface area (Å²) in [5.41, 5.74) is 0.594. The van der Waals surface area contributed by atoms with E-state index in [1.54, 1.807) is 24.3 Å². The SMILES string of the molecule is COc1ccccc1-c1cn([C@H]2C(F)C(F)(C(=O)O)O[C@@H]([C@H](O)[C@H](O)CO)[C@@H]2NC(C)=O)nn1. The van der Waals surface area contributed by atoms with Crippen molar-refractivity contribution in [3.8, 4) is 17.0 Å². The molecular formula is C20H24F2N4O8. The van der Waals surface area contributed by atoms with E-state index in [9.17, 15) is 30.0 Å². The fourth-order valence-electron chi connectivity index (χ4n) is 3.81. The molecule has 1 aliphatic heterocycles. The first-order chi connectivity index (χ1) is 16.0. The molecule has 0 spiro atoms. The van der Waals surface area contributed by atoms with Crippen LogP contribution in [0.2, 0.25) is 0 Å². The van der Waals surface area contributed by atoms with Gasteiger partial charge in [-0.05, 0) is 12.1 Å². The number of aliphatic hydroxyl groups is 3. The highest BCUT2D eigenvalue weighted by Gasteiger charge is 2.64. The second-order valence-electron chi connectivity index (χ2n) is 7.68. The molecule has 7 atom stereocenters. The van der Waals surface area contributed by atoms with E-state index in [2.05, 4.69) is 15.6 Å². The molecule has 12 nitrogen and oxygen atoms in total. The number of para-hydroxylation sites is 1. The molecule has 14 heteroatoms. The first-order valence-corrected chi connectivity index (χ1v) is 10.1. The summed E-state index contributed by atoms with van der Waals surface area (Å²) < 4.78 is 41.6. The van der Waals surface area contributed by atoms with Gasteiger partial charge < -0.3 is 35.2 Å². The molecule has 0 aliphatic carbocycles. The van der Waals surface area contributed by atoms with Gasteiger partial charge in [-0.3, -0.25) is 4.79 Å². The lowest BCUT2D eigenvalue weighted by Gasteiger charge is -2.46. The number of halogens is 2. The van der Waals surface area contributed by atoms with Gasteiger partial charge in [0, 0.05) is 12.5 Å². The Hall–Kier alpha value is -3.20. The largest absolute Gasteiger partial charge is 0.496 e. The van der Waals surface area contributed by atoms with Crippen LogP contribution in [-0.2, 0) is 14.3 Å². The molecule has 2 unspecified atom stereocenters.